The second kappa shape index (κ2) is 7.13. The van der Waals surface area contributed by atoms with Gasteiger partial charge in [0.25, 0.3) is 0 Å². The molecule has 0 fully saturated rings. The van der Waals surface area contributed by atoms with Gasteiger partial charge in [0.2, 0.25) is 5.91 Å². The average molecular weight is 272 g/mol. The van der Waals surface area contributed by atoms with Crippen molar-refractivity contribution in [2.75, 3.05) is 18.5 Å². The molecule has 1 amide bonds. The third-order valence-corrected chi connectivity index (χ3v) is 3.98. The molecule has 0 spiro atoms. The Hall–Kier alpha value is -1.77. The molecule has 1 aliphatic carbocycles. The fraction of sp³-hybridized carbons (Fsp3) is 0.471. The molecular weight excluding hydrogens is 248 g/mol. The van der Waals surface area contributed by atoms with Gasteiger partial charge in [-0.3, -0.25) is 4.79 Å². The summed E-state index contributed by atoms with van der Waals surface area (Å²) in [4.78, 5) is 14.1. The van der Waals surface area contributed by atoms with Crippen molar-refractivity contribution in [1.82, 2.24) is 5.32 Å². The van der Waals surface area contributed by atoms with E-state index in [9.17, 15) is 4.79 Å². The predicted octanol–water partition coefficient (Wildman–Crippen LogP) is 2.98. The van der Waals surface area contributed by atoms with Gasteiger partial charge in [-0.05, 0) is 37.8 Å². The molecule has 0 aliphatic heterocycles. The molecule has 1 aromatic rings. The minimum absolute atomic E-state index is 0.162. The van der Waals surface area contributed by atoms with E-state index in [1.807, 2.05) is 18.2 Å². The Labute approximate surface area is 121 Å². The number of benzene rings is 1. The molecule has 0 unspecified atom stereocenters. The Kier molecular flexibility index (Phi) is 5.22. The van der Waals surface area contributed by atoms with Crippen molar-refractivity contribution in [2.45, 2.75) is 32.2 Å². The first-order valence-corrected chi connectivity index (χ1v) is 7.38. The summed E-state index contributed by atoms with van der Waals surface area (Å²) in [5, 5.41) is 3.05. The first kappa shape index (κ1) is 14.6. The number of hydrogen-bond acceptors (Lipinski definition) is 2. The van der Waals surface area contributed by atoms with Crippen LogP contribution in [0.5, 0.6) is 0 Å². The summed E-state index contributed by atoms with van der Waals surface area (Å²) in [6, 6.07) is 10.5. The second-order valence-electron chi connectivity index (χ2n) is 5.57. The zero-order chi connectivity index (χ0) is 14.4. The lowest BCUT2D eigenvalue weighted by Gasteiger charge is -2.27. The van der Waals surface area contributed by atoms with Gasteiger partial charge in [-0.15, -0.1) is 0 Å². The van der Waals surface area contributed by atoms with Crippen LogP contribution in [0.3, 0.4) is 0 Å². The van der Waals surface area contributed by atoms with Crippen molar-refractivity contribution in [3.8, 4) is 0 Å². The highest BCUT2D eigenvalue weighted by Crippen LogP contribution is 2.20. The van der Waals surface area contributed by atoms with Crippen molar-refractivity contribution in [3.63, 3.8) is 0 Å². The third-order valence-electron chi connectivity index (χ3n) is 3.98. The summed E-state index contributed by atoms with van der Waals surface area (Å²) in [6.07, 6.45) is 7.19. The molecule has 1 aliphatic rings. The number of amides is 1. The highest BCUT2D eigenvalue weighted by atomic mass is 16.1. The van der Waals surface area contributed by atoms with E-state index >= 15 is 0 Å². The lowest BCUT2D eigenvalue weighted by Crippen LogP contribution is -2.40. The molecule has 0 heterocycles. The van der Waals surface area contributed by atoms with Crippen LogP contribution in [0.1, 0.15) is 26.2 Å². The van der Waals surface area contributed by atoms with E-state index in [2.05, 4.69) is 48.5 Å². The summed E-state index contributed by atoms with van der Waals surface area (Å²) >= 11 is 0. The highest BCUT2D eigenvalue weighted by Gasteiger charge is 2.15. The number of likely N-dealkylation sites (N-methyl/N-ethyl adjacent to an activating group) is 1. The number of carbonyl (C=O) groups excluding carboxylic acids is 1. The van der Waals surface area contributed by atoms with Crippen molar-refractivity contribution in [3.05, 3.63) is 42.5 Å². The number of nitrogens with one attached hydrogen (secondary N) is 1. The maximum Gasteiger partial charge on any atom is 0.220 e. The van der Waals surface area contributed by atoms with Gasteiger partial charge >= 0.3 is 0 Å². The summed E-state index contributed by atoms with van der Waals surface area (Å²) < 4.78 is 0. The molecule has 0 bridgehead atoms. The van der Waals surface area contributed by atoms with E-state index in [0.717, 1.165) is 12.8 Å². The summed E-state index contributed by atoms with van der Waals surface area (Å²) in [6.45, 7) is 2.81. The van der Waals surface area contributed by atoms with Crippen molar-refractivity contribution < 1.29 is 4.79 Å². The maximum atomic E-state index is 11.9. The van der Waals surface area contributed by atoms with Crippen LogP contribution in [0.25, 0.3) is 0 Å². The van der Waals surface area contributed by atoms with E-state index in [1.54, 1.807) is 0 Å². The van der Waals surface area contributed by atoms with Gasteiger partial charge in [0, 0.05) is 31.7 Å². The number of anilines is 1. The van der Waals surface area contributed by atoms with E-state index in [0.29, 0.717) is 18.9 Å². The normalized spacial score (nSPS) is 18.8. The number of para-hydroxylation sites is 1. The molecule has 3 nitrogen and oxygen atoms in total. The fourth-order valence-electron chi connectivity index (χ4n) is 2.49. The Morgan fingerprint density at radius 2 is 2.15 bits per heavy atom. The SMILES string of the molecule is C[C@H](CNC(=O)C[C@@H]1C=CCC1)N(C)c1ccccc1. The minimum Gasteiger partial charge on any atom is -0.370 e. The van der Waals surface area contributed by atoms with Gasteiger partial charge in [-0.25, -0.2) is 0 Å². The van der Waals surface area contributed by atoms with Crippen LogP contribution in [-0.2, 0) is 4.79 Å². The fourth-order valence-corrected chi connectivity index (χ4v) is 2.49. The molecule has 0 radical (unpaired) electrons. The Morgan fingerprint density at radius 3 is 2.80 bits per heavy atom. The maximum absolute atomic E-state index is 11.9. The number of nitrogens with zero attached hydrogens (tertiary/aromatic N) is 1. The Morgan fingerprint density at radius 1 is 1.40 bits per heavy atom. The van der Waals surface area contributed by atoms with Gasteiger partial charge in [-0.2, -0.15) is 0 Å². The van der Waals surface area contributed by atoms with Gasteiger partial charge in [0.15, 0.2) is 0 Å². The zero-order valence-corrected chi connectivity index (χ0v) is 12.4. The third kappa shape index (κ3) is 4.12. The minimum atomic E-state index is 0.162. The lowest BCUT2D eigenvalue weighted by atomic mass is 10.1. The summed E-state index contributed by atoms with van der Waals surface area (Å²) in [5.41, 5.74) is 1.17. The van der Waals surface area contributed by atoms with Crippen LogP contribution in [0.2, 0.25) is 0 Å². The smallest absolute Gasteiger partial charge is 0.220 e. The van der Waals surface area contributed by atoms with Gasteiger partial charge in [-0.1, -0.05) is 30.4 Å². The first-order chi connectivity index (χ1) is 9.66. The standard InChI is InChI=1S/C17H24N2O/c1-14(19(2)16-10-4-3-5-11-16)13-18-17(20)12-15-8-6-7-9-15/h3-6,8,10-11,14-15H,7,9,12-13H2,1-2H3,(H,18,20)/t14-,15-/m1/s1. The van der Waals surface area contributed by atoms with Gasteiger partial charge < -0.3 is 10.2 Å². The number of hydrogen-bond donors (Lipinski definition) is 1. The molecule has 2 rings (SSSR count). The van der Waals surface area contributed by atoms with Crippen LogP contribution in [-0.4, -0.2) is 25.5 Å². The Bertz CT molecular complexity index is 455. The molecule has 0 saturated heterocycles. The van der Waals surface area contributed by atoms with Crippen LogP contribution >= 0.6 is 0 Å². The van der Waals surface area contributed by atoms with E-state index in [1.165, 1.54) is 5.69 Å². The van der Waals surface area contributed by atoms with E-state index in [-0.39, 0.29) is 11.9 Å². The van der Waals surface area contributed by atoms with E-state index < -0.39 is 0 Å². The number of allylic oxidation sites excluding steroid dienone is 2. The molecule has 2 atom stereocenters. The van der Waals surface area contributed by atoms with Crippen LogP contribution < -0.4 is 10.2 Å². The first-order valence-electron chi connectivity index (χ1n) is 7.38. The average Bonchev–Trinajstić information content (AvgIpc) is 2.97. The quantitative estimate of drug-likeness (QED) is 0.807. The lowest BCUT2D eigenvalue weighted by molar-refractivity contribution is -0.121. The molecule has 0 aromatic heterocycles. The second-order valence-corrected chi connectivity index (χ2v) is 5.57. The van der Waals surface area contributed by atoms with Gasteiger partial charge in [0.1, 0.15) is 0 Å². The number of carbonyl (C=O) groups is 1. The summed E-state index contributed by atoms with van der Waals surface area (Å²) in [5.74, 6) is 0.604. The summed E-state index contributed by atoms with van der Waals surface area (Å²) in [7, 11) is 2.06. The van der Waals surface area contributed by atoms with Crippen LogP contribution in [0.4, 0.5) is 5.69 Å². The zero-order valence-electron chi connectivity index (χ0n) is 12.4. The monoisotopic (exact) mass is 272 g/mol. The molecule has 20 heavy (non-hydrogen) atoms. The molecule has 1 aromatic carbocycles. The highest BCUT2D eigenvalue weighted by molar-refractivity contribution is 5.76. The Balaban J connectivity index is 1.75. The molecular formula is C17H24N2O. The predicted molar refractivity (Wildman–Crippen MR) is 83.8 cm³/mol. The van der Waals surface area contributed by atoms with Crippen LogP contribution in [0, 0.1) is 5.92 Å². The van der Waals surface area contributed by atoms with Gasteiger partial charge in [0.05, 0.1) is 0 Å². The topological polar surface area (TPSA) is 32.3 Å². The van der Waals surface area contributed by atoms with E-state index in [4.69, 9.17) is 0 Å². The van der Waals surface area contributed by atoms with Crippen LogP contribution in [0.15, 0.2) is 42.5 Å². The molecule has 0 saturated carbocycles. The molecule has 1 N–H and O–H groups in total. The van der Waals surface area contributed by atoms with Crippen molar-refractivity contribution >= 4 is 11.6 Å². The number of rotatable bonds is 6. The van der Waals surface area contributed by atoms with Crippen molar-refractivity contribution in [2.24, 2.45) is 5.92 Å². The molecule has 108 valence electrons. The van der Waals surface area contributed by atoms with Crippen molar-refractivity contribution in [1.29, 1.82) is 0 Å². The largest absolute Gasteiger partial charge is 0.370 e. The molecule has 3 heteroatoms.